The van der Waals surface area contributed by atoms with Crippen LogP contribution in [0.15, 0.2) is 17.2 Å². The molecule has 7 heteroatoms. The molecule has 17 heavy (non-hydrogen) atoms. The van der Waals surface area contributed by atoms with Crippen LogP contribution >= 0.6 is 12.2 Å². The molecule has 0 bridgehead atoms. The third-order valence-electron chi connectivity index (χ3n) is 1.81. The fourth-order valence-electron chi connectivity index (χ4n) is 1.07. The van der Waals surface area contributed by atoms with Crippen molar-refractivity contribution in [2.24, 2.45) is 5.10 Å². The smallest absolute Gasteiger partial charge is 0.200 e. The van der Waals surface area contributed by atoms with Crippen LogP contribution in [0.25, 0.3) is 0 Å². The average molecular weight is 255 g/mol. The molecule has 0 aromatic heterocycles. The molecule has 0 radical (unpaired) electrons. The first-order chi connectivity index (χ1) is 8.04. The summed E-state index contributed by atoms with van der Waals surface area (Å²) in [5, 5.41) is 34.6. The highest BCUT2D eigenvalue weighted by atomic mass is 32.1. The van der Waals surface area contributed by atoms with Crippen molar-refractivity contribution in [1.29, 1.82) is 0 Å². The molecule has 0 aliphatic rings. The molecule has 0 atom stereocenters. The van der Waals surface area contributed by atoms with E-state index in [4.69, 9.17) is 17.3 Å². The predicted molar refractivity (Wildman–Crippen MR) is 68.4 cm³/mol. The Labute approximate surface area is 104 Å². The van der Waals surface area contributed by atoms with Gasteiger partial charge in [0.05, 0.1) is 6.21 Å². The van der Waals surface area contributed by atoms with Crippen LogP contribution in [0.4, 0.5) is 0 Å². The monoisotopic (exact) mass is 255 g/mol. The number of thiocarbonyl (C=S) groups is 1. The van der Waals surface area contributed by atoms with Crippen molar-refractivity contribution in [2.75, 3.05) is 6.54 Å². The lowest BCUT2D eigenvalue weighted by Gasteiger charge is -2.04. The second kappa shape index (κ2) is 5.90. The Kier molecular flexibility index (Phi) is 4.53. The molecule has 0 heterocycles. The lowest BCUT2D eigenvalue weighted by molar-refractivity contribution is 0.368. The Balaban J connectivity index is 2.69. The zero-order valence-electron chi connectivity index (χ0n) is 9.14. The van der Waals surface area contributed by atoms with Crippen molar-refractivity contribution < 1.29 is 15.3 Å². The Morgan fingerprint density at radius 1 is 1.35 bits per heavy atom. The third kappa shape index (κ3) is 3.80. The molecule has 1 aromatic carbocycles. The molecule has 92 valence electrons. The molecular weight excluding hydrogens is 242 g/mol. The number of nitrogens with zero attached hydrogens (tertiary/aromatic N) is 1. The first-order valence-corrected chi connectivity index (χ1v) is 5.27. The molecule has 1 aromatic rings. The Morgan fingerprint density at radius 3 is 2.47 bits per heavy atom. The molecule has 0 unspecified atom stereocenters. The topological polar surface area (TPSA) is 97.1 Å². The third-order valence-corrected chi connectivity index (χ3v) is 2.04. The summed E-state index contributed by atoms with van der Waals surface area (Å²) in [6.07, 6.45) is 1.35. The largest absolute Gasteiger partial charge is 0.504 e. The number of phenols is 3. The number of benzene rings is 1. The van der Waals surface area contributed by atoms with Crippen LogP contribution in [-0.4, -0.2) is 33.2 Å². The van der Waals surface area contributed by atoms with Gasteiger partial charge in [0.25, 0.3) is 0 Å². The van der Waals surface area contributed by atoms with Gasteiger partial charge in [-0.25, -0.2) is 0 Å². The van der Waals surface area contributed by atoms with Crippen LogP contribution in [0, 0.1) is 0 Å². The average Bonchev–Trinajstić information content (AvgIpc) is 2.26. The summed E-state index contributed by atoms with van der Waals surface area (Å²) < 4.78 is 0. The molecule has 0 spiro atoms. The molecule has 0 fully saturated rings. The van der Waals surface area contributed by atoms with Gasteiger partial charge in [0.15, 0.2) is 22.4 Å². The highest BCUT2D eigenvalue weighted by molar-refractivity contribution is 7.80. The minimum absolute atomic E-state index is 0.371. The summed E-state index contributed by atoms with van der Waals surface area (Å²) in [7, 11) is 0. The van der Waals surface area contributed by atoms with E-state index in [0.717, 1.165) is 0 Å². The van der Waals surface area contributed by atoms with Crippen molar-refractivity contribution in [3.63, 3.8) is 0 Å². The van der Waals surface area contributed by atoms with E-state index in [0.29, 0.717) is 17.2 Å². The summed E-state index contributed by atoms with van der Waals surface area (Å²) >= 11 is 4.87. The molecular formula is C10H13N3O3S. The van der Waals surface area contributed by atoms with Crippen molar-refractivity contribution in [3.8, 4) is 17.2 Å². The number of aromatic hydroxyl groups is 3. The van der Waals surface area contributed by atoms with Gasteiger partial charge >= 0.3 is 0 Å². The summed E-state index contributed by atoms with van der Waals surface area (Å²) in [5.74, 6) is -1.39. The summed E-state index contributed by atoms with van der Waals surface area (Å²) in [6, 6.07) is 2.52. The minimum atomic E-state index is -0.557. The van der Waals surface area contributed by atoms with Gasteiger partial charge in [-0.1, -0.05) is 0 Å². The molecule has 0 aliphatic heterocycles. The fraction of sp³-hybridized carbons (Fsp3) is 0.200. The number of nitrogens with one attached hydrogen (secondary N) is 2. The summed E-state index contributed by atoms with van der Waals surface area (Å²) in [6.45, 7) is 2.58. The van der Waals surface area contributed by atoms with Gasteiger partial charge in [-0.3, -0.25) is 5.43 Å². The van der Waals surface area contributed by atoms with Crippen molar-refractivity contribution in [2.45, 2.75) is 6.92 Å². The maximum Gasteiger partial charge on any atom is 0.200 e. The SMILES string of the molecule is CCNC(=S)NN=Cc1cc(O)c(O)c(O)c1. The van der Waals surface area contributed by atoms with E-state index in [1.807, 2.05) is 6.92 Å². The number of phenolic OH excluding ortho intramolecular Hbond substituents is 3. The molecule has 0 saturated carbocycles. The van der Waals surface area contributed by atoms with E-state index < -0.39 is 17.2 Å². The maximum atomic E-state index is 9.24. The lowest BCUT2D eigenvalue weighted by Crippen LogP contribution is -2.31. The molecule has 0 saturated heterocycles. The van der Waals surface area contributed by atoms with Crippen LogP contribution < -0.4 is 10.7 Å². The number of rotatable bonds is 3. The van der Waals surface area contributed by atoms with Crippen LogP contribution in [0.2, 0.25) is 0 Å². The molecule has 0 aliphatic carbocycles. The van der Waals surface area contributed by atoms with E-state index in [-0.39, 0.29) is 0 Å². The van der Waals surface area contributed by atoms with Gasteiger partial charge in [-0.15, -0.1) is 0 Å². The van der Waals surface area contributed by atoms with Gasteiger partial charge in [0.2, 0.25) is 0 Å². The highest BCUT2D eigenvalue weighted by Gasteiger charge is 2.06. The van der Waals surface area contributed by atoms with Gasteiger partial charge in [-0.05, 0) is 31.3 Å². The van der Waals surface area contributed by atoms with Crippen LogP contribution in [-0.2, 0) is 0 Å². The van der Waals surface area contributed by atoms with Crippen molar-refractivity contribution >= 4 is 23.5 Å². The van der Waals surface area contributed by atoms with Crippen LogP contribution in [0.1, 0.15) is 12.5 Å². The zero-order chi connectivity index (χ0) is 12.8. The fourth-order valence-corrected chi connectivity index (χ4v) is 1.26. The Hall–Kier alpha value is -2.02. The molecule has 5 N–H and O–H groups in total. The van der Waals surface area contributed by atoms with E-state index in [2.05, 4.69) is 15.8 Å². The maximum absolute atomic E-state index is 9.24. The van der Waals surface area contributed by atoms with E-state index >= 15 is 0 Å². The number of hydrogen-bond acceptors (Lipinski definition) is 5. The Morgan fingerprint density at radius 2 is 1.94 bits per heavy atom. The van der Waals surface area contributed by atoms with Gasteiger partial charge in [-0.2, -0.15) is 5.10 Å². The second-order valence-electron chi connectivity index (χ2n) is 3.14. The predicted octanol–water partition coefficient (Wildman–Crippen LogP) is 0.621. The standard InChI is InChI=1S/C10H13N3O3S/c1-2-11-10(17)13-12-5-6-3-7(14)9(16)8(15)4-6/h3-5,14-16H,2H2,1H3,(H2,11,13,17). The van der Waals surface area contributed by atoms with Crippen molar-refractivity contribution in [1.82, 2.24) is 10.7 Å². The Bertz CT molecular complexity index is 425. The molecule has 1 rings (SSSR count). The van der Waals surface area contributed by atoms with E-state index in [1.54, 1.807) is 0 Å². The van der Waals surface area contributed by atoms with Crippen molar-refractivity contribution in [3.05, 3.63) is 17.7 Å². The lowest BCUT2D eigenvalue weighted by atomic mass is 10.2. The number of hydrogen-bond donors (Lipinski definition) is 5. The van der Waals surface area contributed by atoms with E-state index in [1.165, 1.54) is 18.3 Å². The highest BCUT2D eigenvalue weighted by Crippen LogP contribution is 2.34. The summed E-state index contributed by atoms with van der Waals surface area (Å²) in [5.41, 5.74) is 2.97. The number of hydrazone groups is 1. The first kappa shape index (κ1) is 13.0. The van der Waals surface area contributed by atoms with Gasteiger partial charge in [0, 0.05) is 12.1 Å². The van der Waals surface area contributed by atoms with Gasteiger partial charge in [0.1, 0.15) is 0 Å². The normalized spacial score (nSPS) is 10.4. The first-order valence-electron chi connectivity index (χ1n) is 4.86. The second-order valence-corrected chi connectivity index (χ2v) is 3.55. The summed E-state index contributed by atoms with van der Waals surface area (Å²) in [4.78, 5) is 0. The van der Waals surface area contributed by atoms with E-state index in [9.17, 15) is 10.2 Å². The zero-order valence-corrected chi connectivity index (χ0v) is 9.95. The van der Waals surface area contributed by atoms with Crippen LogP contribution in [0.5, 0.6) is 17.2 Å². The van der Waals surface area contributed by atoms with Crippen LogP contribution in [0.3, 0.4) is 0 Å². The quantitative estimate of drug-likeness (QED) is 0.235. The molecule has 0 amide bonds. The minimum Gasteiger partial charge on any atom is -0.504 e. The van der Waals surface area contributed by atoms with Gasteiger partial charge < -0.3 is 20.6 Å². The molecule has 6 nitrogen and oxygen atoms in total.